The summed E-state index contributed by atoms with van der Waals surface area (Å²) in [5.41, 5.74) is 1.27. The fourth-order valence-electron chi connectivity index (χ4n) is 1.97. The summed E-state index contributed by atoms with van der Waals surface area (Å²) in [7, 11) is 0. The summed E-state index contributed by atoms with van der Waals surface area (Å²) in [6.45, 7) is 9.97. The topological polar surface area (TPSA) is 32.3 Å². The van der Waals surface area contributed by atoms with Crippen molar-refractivity contribution in [3.8, 4) is 0 Å². The number of nitrogens with zero attached hydrogens (tertiary/aromatic N) is 1. The van der Waals surface area contributed by atoms with E-state index >= 15 is 0 Å². The molecule has 16 heavy (non-hydrogen) atoms. The highest BCUT2D eigenvalue weighted by atomic mass is 16.2. The number of hydrogen-bond donors (Lipinski definition) is 1. The van der Waals surface area contributed by atoms with E-state index in [-0.39, 0.29) is 11.9 Å². The number of likely N-dealkylation sites (tertiary alicyclic amines) is 1. The van der Waals surface area contributed by atoms with Gasteiger partial charge in [-0.2, -0.15) is 0 Å². The van der Waals surface area contributed by atoms with E-state index in [9.17, 15) is 4.79 Å². The number of amides is 1. The van der Waals surface area contributed by atoms with Crippen LogP contribution in [0.4, 0.5) is 0 Å². The normalized spacial score (nSPS) is 21.4. The molecule has 1 fully saturated rings. The molecule has 0 saturated carbocycles. The molecule has 1 unspecified atom stereocenters. The van der Waals surface area contributed by atoms with Crippen molar-refractivity contribution < 1.29 is 4.79 Å². The zero-order valence-corrected chi connectivity index (χ0v) is 10.9. The van der Waals surface area contributed by atoms with Gasteiger partial charge in [0.25, 0.3) is 0 Å². The van der Waals surface area contributed by atoms with E-state index in [4.69, 9.17) is 0 Å². The Morgan fingerprint density at radius 1 is 1.56 bits per heavy atom. The van der Waals surface area contributed by atoms with E-state index in [1.165, 1.54) is 5.57 Å². The summed E-state index contributed by atoms with van der Waals surface area (Å²) in [5, 5.41) is 3.34. The lowest BCUT2D eigenvalue weighted by Gasteiger charge is -2.33. The Labute approximate surface area is 98.9 Å². The molecule has 1 amide bonds. The van der Waals surface area contributed by atoms with E-state index in [1.807, 2.05) is 4.90 Å². The standard InChI is InChI=1S/C13H24N2O/c1-10(2)7-9-15-8-5-6-12(13(15)16)14-11(3)4/h7,11-12,14H,5-6,8-9H2,1-4H3. The van der Waals surface area contributed by atoms with E-state index < -0.39 is 0 Å². The molecular weight excluding hydrogens is 200 g/mol. The molecule has 0 aromatic heterocycles. The lowest BCUT2D eigenvalue weighted by atomic mass is 10.0. The summed E-state index contributed by atoms with van der Waals surface area (Å²) in [4.78, 5) is 14.1. The average molecular weight is 224 g/mol. The first-order valence-corrected chi connectivity index (χ1v) is 6.19. The lowest BCUT2D eigenvalue weighted by Crippen LogP contribution is -2.52. The van der Waals surface area contributed by atoms with Gasteiger partial charge in [-0.25, -0.2) is 0 Å². The first-order chi connectivity index (χ1) is 7.50. The summed E-state index contributed by atoms with van der Waals surface area (Å²) in [6.07, 6.45) is 4.20. The molecule has 0 aromatic carbocycles. The van der Waals surface area contributed by atoms with Crippen LogP contribution >= 0.6 is 0 Å². The summed E-state index contributed by atoms with van der Waals surface area (Å²) in [5.74, 6) is 0.262. The predicted octanol–water partition coefficient (Wildman–Crippen LogP) is 1.94. The van der Waals surface area contributed by atoms with Gasteiger partial charge in [0.15, 0.2) is 0 Å². The third-order valence-electron chi connectivity index (χ3n) is 2.79. The molecule has 0 aromatic rings. The number of carbonyl (C=O) groups excluding carboxylic acids is 1. The quantitative estimate of drug-likeness (QED) is 0.740. The number of hydrogen-bond acceptors (Lipinski definition) is 2. The van der Waals surface area contributed by atoms with Crippen molar-refractivity contribution in [1.29, 1.82) is 0 Å². The second kappa shape index (κ2) is 6.04. The second-order valence-corrected chi connectivity index (χ2v) is 5.08. The predicted molar refractivity (Wildman–Crippen MR) is 67.3 cm³/mol. The van der Waals surface area contributed by atoms with Gasteiger partial charge >= 0.3 is 0 Å². The molecule has 0 bridgehead atoms. The lowest BCUT2D eigenvalue weighted by molar-refractivity contribution is -0.135. The summed E-state index contributed by atoms with van der Waals surface area (Å²) < 4.78 is 0. The Kier molecular flexibility index (Phi) is 5.00. The Bertz CT molecular complexity index is 267. The molecule has 3 heteroatoms. The van der Waals surface area contributed by atoms with Crippen molar-refractivity contribution >= 4 is 5.91 Å². The van der Waals surface area contributed by atoms with Gasteiger partial charge in [-0.05, 0) is 26.7 Å². The fourth-order valence-corrected chi connectivity index (χ4v) is 1.97. The van der Waals surface area contributed by atoms with Gasteiger partial charge in [0, 0.05) is 19.1 Å². The minimum Gasteiger partial charge on any atom is -0.338 e. The molecule has 1 aliphatic heterocycles. The molecule has 1 heterocycles. The maximum Gasteiger partial charge on any atom is 0.239 e. The Hall–Kier alpha value is -0.830. The average Bonchev–Trinajstić information content (AvgIpc) is 2.18. The van der Waals surface area contributed by atoms with Crippen molar-refractivity contribution in [2.45, 2.75) is 52.6 Å². The van der Waals surface area contributed by atoms with Crippen LogP contribution in [0.1, 0.15) is 40.5 Å². The molecule has 92 valence electrons. The van der Waals surface area contributed by atoms with E-state index in [1.54, 1.807) is 0 Å². The highest BCUT2D eigenvalue weighted by Crippen LogP contribution is 2.12. The first-order valence-electron chi connectivity index (χ1n) is 6.19. The van der Waals surface area contributed by atoms with Crippen LogP contribution in [-0.2, 0) is 4.79 Å². The molecule has 1 atom stereocenters. The smallest absolute Gasteiger partial charge is 0.239 e. The van der Waals surface area contributed by atoms with Gasteiger partial charge in [0.1, 0.15) is 0 Å². The van der Waals surface area contributed by atoms with Gasteiger partial charge < -0.3 is 10.2 Å². The van der Waals surface area contributed by atoms with Crippen LogP contribution in [0.25, 0.3) is 0 Å². The Morgan fingerprint density at radius 2 is 2.25 bits per heavy atom. The Morgan fingerprint density at radius 3 is 2.81 bits per heavy atom. The molecule has 0 radical (unpaired) electrons. The van der Waals surface area contributed by atoms with Crippen LogP contribution in [0.5, 0.6) is 0 Å². The number of carbonyl (C=O) groups is 1. The van der Waals surface area contributed by atoms with Crippen LogP contribution in [-0.4, -0.2) is 36.0 Å². The van der Waals surface area contributed by atoms with Gasteiger partial charge in [-0.15, -0.1) is 0 Å². The molecule has 3 nitrogen and oxygen atoms in total. The Balaban J connectivity index is 2.53. The van der Waals surface area contributed by atoms with Gasteiger partial charge in [0.2, 0.25) is 5.91 Å². The van der Waals surface area contributed by atoms with Crippen molar-refractivity contribution in [3.63, 3.8) is 0 Å². The molecule has 1 aliphatic rings. The van der Waals surface area contributed by atoms with Crippen molar-refractivity contribution in [2.75, 3.05) is 13.1 Å². The third-order valence-corrected chi connectivity index (χ3v) is 2.79. The SMILES string of the molecule is CC(C)=CCN1CCCC(NC(C)C)C1=O. The monoisotopic (exact) mass is 224 g/mol. The minimum atomic E-state index is 0.0271. The maximum atomic E-state index is 12.1. The van der Waals surface area contributed by atoms with Crippen LogP contribution in [0.15, 0.2) is 11.6 Å². The van der Waals surface area contributed by atoms with Crippen molar-refractivity contribution in [3.05, 3.63) is 11.6 Å². The third kappa shape index (κ3) is 3.97. The number of rotatable bonds is 4. The molecule has 0 spiro atoms. The van der Waals surface area contributed by atoms with Crippen LogP contribution in [0, 0.1) is 0 Å². The zero-order chi connectivity index (χ0) is 12.1. The first kappa shape index (κ1) is 13.2. The molecule has 1 N–H and O–H groups in total. The van der Waals surface area contributed by atoms with Gasteiger partial charge in [-0.1, -0.05) is 25.5 Å². The second-order valence-electron chi connectivity index (χ2n) is 5.08. The van der Waals surface area contributed by atoms with Crippen molar-refractivity contribution in [2.24, 2.45) is 0 Å². The van der Waals surface area contributed by atoms with Crippen LogP contribution in [0.2, 0.25) is 0 Å². The molecular formula is C13H24N2O. The van der Waals surface area contributed by atoms with E-state index in [0.29, 0.717) is 6.04 Å². The molecule has 1 rings (SSSR count). The summed E-state index contributed by atoms with van der Waals surface area (Å²) in [6, 6.07) is 0.400. The van der Waals surface area contributed by atoms with E-state index in [0.717, 1.165) is 25.9 Å². The van der Waals surface area contributed by atoms with E-state index in [2.05, 4.69) is 39.1 Å². The number of nitrogens with one attached hydrogen (secondary N) is 1. The minimum absolute atomic E-state index is 0.0271. The summed E-state index contributed by atoms with van der Waals surface area (Å²) >= 11 is 0. The maximum absolute atomic E-state index is 12.1. The largest absolute Gasteiger partial charge is 0.338 e. The van der Waals surface area contributed by atoms with Gasteiger partial charge in [0.05, 0.1) is 6.04 Å². The highest BCUT2D eigenvalue weighted by molar-refractivity contribution is 5.82. The molecule has 0 aliphatic carbocycles. The molecule has 1 saturated heterocycles. The zero-order valence-electron chi connectivity index (χ0n) is 10.9. The van der Waals surface area contributed by atoms with Crippen LogP contribution in [0.3, 0.4) is 0 Å². The fraction of sp³-hybridized carbons (Fsp3) is 0.769. The van der Waals surface area contributed by atoms with Crippen LogP contribution < -0.4 is 5.32 Å². The number of allylic oxidation sites excluding steroid dienone is 1. The number of piperidine rings is 1. The van der Waals surface area contributed by atoms with Crippen molar-refractivity contribution in [1.82, 2.24) is 10.2 Å². The highest BCUT2D eigenvalue weighted by Gasteiger charge is 2.27. The van der Waals surface area contributed by atoms with Gasteiger partial charge in [-0.3, -0.25) is 4.79 Å².